The van der Waals surface area contributed by atoms with E-state index in [1.54, 1.807) is 4.90 Å². The van der Waals surface area contributed by atoms with Crippen LogP contribution in [0, 0.1) is 0 Å². The monoisotopic (exact) mass is 398 g/mol. The number of hydrogen-bond donors (Lipinski definition) is 1. The summed E-state index contributed by atoms with van der Waals surface area (Å²) in [6.45, 7) is 1.07. The fourth-order valence-corrected chi connectivity index (χ4v) is 3.94. The molecule has 1 fully saturated rings. The van der Waals surface area contributed by atoms with Crippen molar-refractivity contribution in [2.24, 2.45) is 0 Å². The van der Waals surface area contributed by atoms with Gasteiger partial charge in [-0.05, 0) is 6.42 Å². The lowest BCUT2D eigenvalue weighted by Crippen LogP contribution is -2.49. The normalized spacial score (nSPS) is 16.8. The van der Waals surface area contributed by atoms with Crippen molar-refractivity contribution >= 4 is 15.8 Å². The van der Waals surface area contributed by atoms with Gasteiger partial charge in [-0.3, -0.25) is 4.98 Å². The average molecular weight is 398 g/mol. The number of sulfonamides is 1. The van der Waals surface area contributed by atoms with Gasteiger partial charge in [0, 0.05) is 32.8 Å². The van der Waals surface area contributed by atoms with Gasteiger partial charge in [-0.1, -0.05) is 0 Å². The second-order valence-electron chi connectivity index (χ2n) is 5.65. The zero-order chi connectivity index (χ0) is 19.2. The van der Waals surface area contributed by atoms with Gasteiger partial charge in [0.15, 0.2) is 5.69 Å². The lowest BCUT2D eigenvalue weighted by molar-refractivity contribution is -0.141. The number of alkyl halides is 3. The first-order valence-electron chi connectivity index (χ1n) is 8.04. The van der Waals surface area contributed by atoms with E-state index in [0.717, 1.165) is 0 Å². The Labute approximate surface area is 149 Å². The summed E-state index contributed by atoms with van der Waals surface area (Å²) in [5, 5.41) is 8.58. The number of rotatable bonds is 8. The number of halogens is 3. The van der Waals surface area contributed by atoms with E-state index >= 15 is 0 Å². The van der Waals surface area contributed by atoms with Crippen LogP contribution in [0.5, 0.6) is 0 Å². The molecule has 26 heavy (non-hydrogen) atoms. The quantitative estimate of drug-likeness (QED) is 0.631. The van der Waals surface area contributed by atoms with Crippen LogP contribution in [0.25, 0.3) is 0 Å². The second kappa shape index (κ2) is 8.93. The van der Waals surface area contributed by atoms with Crippen molar-refractivity contribution in [3.05, 3.63) is 18.1 Å². The van der Waals surface area contributed by atoms with Gasteiger partial charge in [0.2, 0.25) is 10.0 Å². The Morgan fingerprint density at radius 3 is 2.46 bits per heavy atom. The van der Waals surface area contributed by atoms with Crippen LogP contribution in [0.4, 0.5) is 19.0 Å². The van der Waals surface area contributed by atoms with Crippen molar-refractivity contribution in [2.75, 3.05) is 56.7 Å². The third-order valence-electron chi connectivity index (χ3n) is 3.79. The number of piperazine rings is 1. The zero-order valence-corrected chi connectivity index (χ0v) is 14.8. The van der Waals surface area contributed by atoms with Crippen LogP contribution >= 0.6 is 0 Å². The minimum Gasteiger partial charge on any atom is -0.394 e. The number of aliphatic hydroxyl groups is 1. The number of anilines is 1. The van der Waals surface area contributed by atoms with Crippen LogP contribution in [-0.4, -0.2) is 79.6 Å². The van der Waals surface area contributed by atoms with Gasteiger partial charge in [-0.25, -0.2) is 13.4 Å². The number of ether oxygens (including phenoxy) is 1. The molecule has 1 aromatic rings. The van der Waals surface area contributed by atoms with Crippen molar-refractivity contribution in [3.63, 3.8) is 0 Å². The summed E-state index contributed by atoms with van der Waals surface area (Å²) in [5.74, 6) is -0.00352. The molecule has 2 rings (SSSR count). The minimum absolute atomic E-state index is 0.0780. The van der Waals surface area contributed by atoms with Gasteiger partial charge in [-0.2, -0.15) is 17.5 Å². The van der Waals surface area contributed by atoms with Gasteiger partial charge in [0.05, 0.1) is 31.4 Å². The standard InChI is InChI=1S/C14H21F3N4O4S/c15-14(16,17)12-10-18-11-13(19-12)20-2-4-21(5-3-20)26(23,24)9-1-7-25-8-6-22/h10-11,22H,1-9H2. The summed E-state index contributed by atoms with van der Waals surface area (Å²) in [7, 11) is -3.46. The smallest absolute Gasteiger partial charge is 0.394 e. The molecule has 1 N–H and O–H groups in total. The summed E-state index contributed by atoms with van der Waals surface area (Å²) in [6, 6.07) is 0. The van der Waals surface area contributed by atoms with Crippen molar-refractivity contribution in [2.45, 2.75) is 12.6 Å². The maximum Gasteiger partial charge on any atom is 0.434 e. The molecule has 1 aromatic heterocycles. The topological polar surface area (TPSA) is 95.9 Å². The Morgan fingerprint density at radius 2 is 1.85 bits per heavy atom. The summed E-state index contributed by atoms with van der Waals surface area (Å²) in [5.41, 5.74) is -1.08. The van der Waals surface area contributed by atoms with Crippen LogP contribution < -0.4 is 4.90 Å². The number of aliphatic hydroxyl groups excluding tert-OH is 1. The Hall–Kier alpha value is -1.50. The minimum atomic E-state index is -4.58. The number of aromatic nitrogens is 2. The van der Waals surface area contributed by atoms with E-state index in [9.17, 15) is 21.6 Å². The average Bonchev–Trinajstić information content (AvgIpc) is 2.61. The summed E-state index contributed by atoms with van der Waals surface area (Å²) < 4.78 is 69.0. The Kier molecular flexibility index (Phi) is 7.15. The largest absolute Gasteiger partial charge is 0.434 e. The summed E-state index contributed by atoms with van der Waals surface area (Å²) in [4.78, 5) is 8.72. The van der Waals surface area contributed by atoms with Gasteiger partial charge < -0.3 is 14.7 Å². The maximum atomic E-state index is 12.7. The molecule has 0 atom stereocenters. The first-order chi connectivity index (χ1) is 12.2. The molecule has 0 amide bonds. The van der Waals surface area contributed by atoms with Crippen molar-refractivity contribution in [1.82, 2.24) is 14.3 Å². The van der Waals surface area contributed by atoms with E-state index < -0.39 is 21.9 Å². The molecule has 1 aliphatic heterocycles. The molecule has 148 valence electrons. The van der Waals surface area contributed by atoms with Crippen LogP contribution in [0.15, 0.2) is 12.4 Å². The molecule has 0 unspecified atom stereocenters. The first kappa shape index (κ1) is 20.8. The molecule has 0 saturated carbocycles. The molecule has 8 nitrogen and oxygen atoms in total. The number of nitrogens with zero attached hydrogens (tertiary/aromatic N) is 4. The molecular formula is C14H21F3N4O4S. The molecule has 0 radical (unpaired) electrons. The van der Waals surface area contributed by atoms with Gasteiger partial charge >= 0.3 is 6.18 Å². The maximum absolute atomic E-state index is 12.7. The van der Waals surface area contributed by atoms with Crippen LogP contribution in [0.3, 0.4) is 0 Å². The van der Waals surface area contributed by atoms with Crippen molar-refractivity contribution in [1.29, 1.82) is 0 Å². The van der Waals surface area contributed by atoms with Crippen LogP contribution in [0.1, 0.15) is 12.1 Å². The van der Waals surface area contributed by atoms with Crippen LogP contribution in [0.2, 0.25) is 0 Å². The molecule has 2 heterocycles. The second-order valence-corrected chi connectivity index (χ2v) is 7.74. The number of hydrogen-bond acceptors (Lipinski definition) is 7. The Morgan fingerprint density at radius 1 is 1.15 bits per heavy atom. The van der Waals surface area contributed by atoms with E-state index in [2.05, 4.69) is 9.97 Å². The summed E-state index contributed by atoms with van der Waals surface area (Å²) in [6.07, 6.45) is -2.38. The molecule has 1 saturated heterocycles. The van der Waals surface area contributed by atoms with E-state index in [-0.39, 0.29) is 57.6 Å². The molecule has 1 aliphatic rings. The van der Waals surface area contributed by atoms with Crippen molar-refractivity contribution < 1.29 is 31.4 Å². The van der Waals surface area contributed by atoms with Crippen molar-refractivity contribution in [3.8, 4) is 0 Å². The highest BCUT2D eigenvalue weighted by atomic mass is 32.2. The van der Waals surface area contributed by atoms with Gasteiger partial charge in [0.25, 0.3) is 0 Å². The molecule has 0 aromatic carbocycles. The highest BCUT2D eigenvalue weighted by Crippen LogP contribution is 2.28. The SMILES string of the molecule is O=S(=O)(CCCOCCO)N1CCN(c2cncc(C(F)(F)F)n2)CC1. The molecular weight excluding hydrogens is 377 g/mol. The molecule has 0 aliphatic carbocycles. The van der Waals surface area contributed by atoms with Gasteiger partial charge in [-0.15, -0.1) is 0 Å². The van der Waals surface area contributed by atoms with E-state index in [4.69, 9.17) is 9.84 Å². The van der Waals surface area contributed by atoms with E-state index in [0.29, 0.717) is 12.6 Å². The fourth-order valence-electron chi connectivity index (χ4n) is 2.48. The lowest BCUT2D eigenvalue weighted by atomic mass is 10.3. The highest BCUT2D eigenvalue weighted by molar-refractivity contribution is 7.89. The predicted octanol–water partition coefficient (Wildman–Crippen LogP) is 0.346. The van der Waals surface area contributed by atoms with Gasteiger partial charge in [0.1, 0.15) is 5.82 Å². The fraction of sp³-hybridized carbons (Fsp3) is 0.714. The Balaban J connectivity index is 1.88. The highest BCUT2D eigenvalue weighted by Gasteiger charge is 2.34. The third kappa shape index (κ3) is 5.76. The summed E-state index contributed by atoms with van der Waals surface area (Å²) >= 11 is 0. The van der Waals surface area contributed by atoms with E-state index in [1.165, 1.54) is 10.5 Å². The van der Waals surface area contributed by atoms with Crippen LogP contribution in [-0.2, 0) is 20.9 Å². The van der Waals surface area contributed by atoms with E-state index in [1.807, 2.05) is 0 Å². The molecule has 0 bridgehead atoms. The Bertz CT molecular complexity index is 679. The third-order valence-corrected chi connectivity index (χ3v) is 5.75. The predicted molar refractivity (Wildman–Crippen MR) is 87.1 cm³/mol. The lowest BCUT2D eigenvalue weighted by Gasteiger charge is -2.34. The molecule has 0 spiro atoms. The first-order valence-corrected chi connectivity index (χ1v) is 9.65. The molecule has 12 heteroatoms. The zero-order valence-electron chi connectivity index (χ0n) is 14.0.